The van der Waals surface area contributed by atoms with E-state index in [4.69, 9.17) is 14.6 Å². The molecule has 6 heteroatoms. The minimum absolute atomic E-state index is 0.0591. The number of carbonyl (C=O) groups excluding carboxylic acids is 1. The summed E-state index contributed by atoms with van der Waals surface area (Å²) < 4.78 is 11.2. The van der Waals surface area contributed by atoms with Crippen molar-refractivity contribution >= 4 is 23.3 Å². The van der Waals surface area contributed by atoms with Gasteiger partial charge in [-0.2, -0.15) is 0 Å². The number of ether oxygens (including phenoxy) is 2. The van der Waals surface area contributed by atoms with Crippen molar-refractivity contribution in [2.24, 2.45) is 0 Å². The number of esters is 1. The van der Waals surface area contributed by atoms with E-state index < -0.39 is 12.3 Å². The number of carboxylic acid groups (broad SMARTS) is 1. The number of hydrogen-bond acceptors (Lipinski definition) is 5. The normalized spacial score (nSPS) is 11.5. The zero-order chi connectivity index (χ0) is 20.4. The highest BCUT2D eigenvalue weighted by Crippen LogP contribution is 2.26. The molecule has 0 saturated carbocycles. The first-order valence-electron chi connectivity index (χ1n) is 9.48. The molecule has 0 fully saturated rings. The van der Waals surface area contributed by atoms with Gasteiger partial charge in [-0.25, -0.2) is 0 Å². The fraction of sp³-hybridized carbons (Fsp3) is 0.364. The molecule has 0 saturated heterocycles. The lowest BCUT2D eigenvalue weighted by molar-refractivity contribution is -0.164. The van der Waals surface area contributed by atoms with E-state index in [1.165, 1.54) is 0 Å². The average molecular weight is 385 g/mol. The molecule has 2 rings (SSSR count). The predicted octanol–water partition coefficient (Wildman–Crippen LogP) is 5.04. The maximum atomic E-state index is 11.9. The van der Waals surface area contributed by atoms with Crippen molar-refractivity contribution in [3.63, 3.8) is 0 Å². The van der Waals surface area contributed by atoms with Crippen molar-refractivity contribution in [3.05, 3.63) is 54.1 Å². The molecule has 28 heavy (non-hydrogen) atoms. The Morgan fingerprint density at radius 1 is 1.04 bits per heavy atom. The second-order valence-electron chi connectivity index (χ2n) is 6.52. The summed E-state index contributed by atoms with van der Waals surface area (Å²) in [5.74, 6) is -0.579. The highest BCUT2D eigenvalue weighted by atomic mass is 16.7. The molecule has 0 aromatic heterocycles. The van der Waals surface area contributed by atoms with E-state index >= 15 is 0 Å². The summed E-state index contributed by atoms with van der Waals surface area (Å²) in [6.07, 6.45) is 1.04. The van der Waals surface area contributed by atoms with Crippen LogP contribution in [0.15, 0.2) is 48.5 Å². The van der Waals surface area contributed by atoms with Gasteiger partial charge in [0, 0.05) is 30.6 Å². The van der Waals surface area contributed by atoms with Gasteiger partial charge < -0.3 is 19.9 Å². The quantitative estimate of drug-likeness (QED) is 0.320. The van der Waals surface area contributed by atoms with Gasteiger partial charge in [0.15, 0.2) is 0 Å². The second kappa shape index (κ2) is 11.0. The van der Waals surface area contributed by atoms with Crippen LogP contribution in [0.1, 0.15) is 44.6 Å². The number of benzene rings is 2. The van der Waals surface area contributed by atoms with Crippen molar-refractivity contribution in [2.45, 2.75) is 52.2 Å². The summed E-state index contributed by atoms with van der Waals surface area (Å²) in [4.78, 5) is 22.4. The lowest BCUT2D eigenvalue weighted by Gasteiger charge is -2.20. The second-order valence-corrected chi connectivity index (χ2v) is 6.52. The van der Waals surface area contributed by atoms with Crippen LogP contribution < -0.4 is 10.1 Å². The van der Waals surface area contributed by atoms with E-state index in [9.17, 15) is 9.59 Å². The Balaban J connectivity index is 1.87. The fourth-order valence-corrected chi connectivity index (χ4v) is 2.63. The number of para-hydroxylation sites is 1. The molecule has 0 aliphatic rings. The number of carbonyl (C=O) groups is 2. The standard InChI is InChI=1S/C22H27NO5/c1-3-22(28-21(26)12-8-7-11-20(24)25)27-19-14-13-18(15-16(19)2)23-17-9-5-4-6-10-17/h4-6,9-10,13-15,22-23H,3,7-8,11-12H2,1-2H3,(H,24,25). The van der Waals surface area contributed by atoms with E-state index in [1.54, 1.807) is 0 Å². The molecule has 0 aliphatic carbocycles. The molecule has 2 aromatic carbocycles. The fourth-order valence-electron chi connectivity index (χ4n) is 2.63. The first-order chi connectivity index (χ1) is 13.5. The van der Waals surface area contributed by atoms with E-state index in [0.717, 1.165) is 16.9 Å². The Hall–Kier alpha value is -3.02. The minimum atomic E-state index is -0.858. The van der Waals surface area contributed by atoms with Crippen molar-refractivity contribution in [1.82, 2.24) is 0 Å². The first-order valence-corrected chi connectivity index (χ1v) is 9.48. The van der Waals surface area contributed by atoms with Crippen LogP contribution in [0.25, 0.3) is 0 Å². The van der Waals surface area contributed by atoms with Gasteiger partial charge in [0.05, 0.1) is 0 Å². The minimum Gasteiger partial charge on any atom is -0.481 e. The highest BCUT2D eigenvalue weighted by Gasteiger charge is 2.15. The zero-order valence-corrected chi connectivity index (χ0v) is 16.3. The van der Waals surface area contributed by atoms with Crippen LogP contribution in [0.2, 0.25) is 0 Å². The molecule has 150 valence electrons. The number of hydrogen-bond donors (Lipinski definition) is 2. The average Bonchev–Trinajstić information content (AvgIpc) is 2.67. The highest BCUT2D eigenvalue weighted by molar-refractivity contribution is 5.70. The number of unbranched alkanes of at least 4 members (excludes halogenated alkanes) is 1. The Bertz CT molecular complexity index is 776. The van der Waals surface area contributed by atoms with Gasteiger partial charge >= 0.3 is 11.9 Å². The van der Waals surface area contributed by atoms with Gasteiger partial charge in [-0.15, -0.1) is 0 Å². The first kappa shape index (κ1) is 21.3. The molecule has 2 aromatic rings. The summed E-state index contributed by atoms with van der Waals surface area (Å²) in [5, 5.41) is 11.9. The van der Waals surface area contributed by atoms with Crippen LogP contribution in [0.3, 0.4) is 0 Å². The van der Waals surface area contributed by atoms with Crippen molar-refractivity contribution < 1.29 is 24.2 Å². The van der Waals surface area contributed by atoms with E-state index in [1.807, 2.05) is 62.4 Å². The summed E-state index contributed by atoms with van der Waals surface area (Å²) in [5.41, 5.74) is 2.87. The van der Waals surface area contributed by atoms with E-state index in [-0.39, 0.29) is 18.8 Å². The monoisotopic (exact) mass is 385 g/mol. The molecule has 0 bridgehead atoms. The van der Waals surface area contributed by atoms with Crippen LogP contribution >= 0.6 is 0 Å². The predicted molar refractivity (Wildman–Crippen MR) is 108 cm³/mol. The van der Waals surface area contributed by atoms with Crippen molar-refractivity contribution in [3.8, 4) is 5.75 Å². The Morgan fingerprint density at radius 3 is 2.39 bits per heavy atom. The van der Waals surface area contributed by atoms with Crippen LogP contribution in [0, 0.1) is 6.92 Å². The molecular weight excluding hydrogens is 358 g/mol. The Morgan fingerprint density at radius 2 is 1.75 bits per heavy atom. The molecule has 0 radical (unpaired) electrons. The number of anilines is 2. The van der Waals surface area contributed by atoms with Crippen molar-refractivity contribution in [1.29, 1.82) is 0 Å². The largest absolute Gasteiger partial charge is 0.481 e. The number of rotatable bonds is 11. The van der Waals surface area contributed by atoms with Crippen LogP contribution in [-0.4, -0.2) is 23.3 Å². The maximum absolute atomic E-state index is 11.9. The SMILES string of the molecule is CCC(OC(=O)CCCCC(=O)O)Oc1ccc(Nc2ccccc2)cc1C. The van der Waals surface area contributed by atoms with E-state index in [2.05, 4.69) is 5.32 Å². The zero-order valence-electron chi connectivity index (χ0n) is 16.3. The maximum Gasteiger partial charge on any atom is 0.308 e. The number of carboxylic acids is 1. The summed E-state index contributed by atoms with van der Waals surface area (Å²) in [7, 11) is 0. The molecule has 2 N–H and O–H groups in total. The molecule has 1 unspecified atom stereocenters. The number of aryl methyl sites for hydroxylation is 1. The number of nitrogens with one attached hydrogen (secondary N) is 1. The van der Waals surface area contributed by atoms with Crippen molar-refractivity contribution in [2.75, 3.05) is 5.32 Å². The van der Waals surface area contributed by atoms with Gasteiger partial charge in [-0.05, 0) is 55.7 Å². The third-order valence-corrected chi connectivity index (χ3v) is 4.11. The molecule has 0 amide bonds. The topological polar surface area (TPSA) is 84.9 Å². The third kappa shape index (κ3) is 7.31. The Labute approximate surface area is 165 Å². The smallest absolute Gasteiger partial charge is 0.308 e. The van der Waals surface area contributed by atoms with Gasteiger partial charge in [0.1, 0.15) is 5.75 Å². The van der Waals surface area contributed by atoms with Crippen LogP contribution in [0.5, 0.6) is 5.75 Å². The number of aliphatic carboxylic acids is 1. The molecule has 0 aliphatic heterocycles. The molecule has 1 atom stereocenters. The summed E-state index contributed by atoms with van der Waals surface area (Å²) in [6, 6.07) is 15.6. The molecule has 0 spiro atoms. The summed E-state index contributed by atoms with van der Waals surface area (Å²) in [6.45, 7) is 3.81. The van der Waals surface area contributed by atoms with Crippen LogP contribution in [0.4, 0.5) is 11.4 Å². The van der Waals surface area contributed by atoms with Gasteiger partial charge in [0.2, 0.25) is 6.29 Å². The lowest BCUT2D eigenvalue weighted by atomic mass is 10.2. The van der Waals surface area contributed by atoms with E-state index in [0.29, 0.717) is 25.0 Å². The molecule has 0 heterocycles. The lowest BCUT2D eigenvalue weighted by Crippen LogP contribution is -2.23. The van der Waals surface area contributed by atoms with Gasteiger partial charge in [-0.3, -0.25) is 9.59 Å². The van der Waals surface area contributed by atoms with Crippen LogP contribution in [-0.2, 0) is 14.3 Å². The van der Waals surface area contributed by atoms with Gasteiger partial charge in [0.25, 0.3) is 0 Å². The third-order valence-electron chi connectivity index (χ3n) is 4.11. The molecule has 6 nitrogen and oxygen atoms in total. The summed E-state index contributed by atoms with van der Waals surface area (Å²) >= 11 is 0. The Kier molecular flexibility index (Phi) is 8.34. The van der Waals surface area contributed by atoms with Gasteiger partial charge in [-0.1, -0.05) is 25.1 Å². The molecular formula is C22H27NO5.